The number of nitrogens with two attached hydrogens (primary N) is 1. The minimum absolute atomic E-state index is 0.00730. The van der Waals surface area contributed by atoms with Gasteiger partial charge in [0, 0.05) is 81.3 Å². The molecule has 2 aliphatic rings. The molecule has 0 radical (unpaired) electrons. The summed E-state index contributed by atoms with van der Waals surface area (Å²) in [5, 5.41) is 17.9. The number of thiophene rings is 2. The molecule has 72 heavy (non-hydrogen) atoms. The van der Waals surface area contributed by atoms with E-state index in [1.54, 1.807) is 91.5 Å². The van der Waals surface area contributed by atoms with Gasteiger partial charge in [0.1, 0.15) is 20.3 Å². The number of amides is 2. The second kappa shape index (κ2) is 21.4. The number of nitrogen functional groups attached to an aromatic ring is 1. The molecule has 0 spiro atoms. The quantitative estimate of drug-likeness (QED) is 0.0739. The van der Waals surface area contributed by atoms with Crippen LogP contribution in [0.4, 0.5) is 11.5 Å². The Morgan fingerprint density at radius 1 is 0.667 bits per heavy atom. The predicted octanol–water partition coefficient (Wildman–Crippen LogP) is 7.69. The lowest BCUT2D eigenvalue weighted by Gasteiger charge is -2.31. The average Bonchev–Trinajstić information content (AvgIpc) is 4.23. The number of fused-ring (bicyclic) bond motifs is 2. The maximum Gasteiger partial charge on any atom is 0.271 e. The molecule has 2 fully saturated rings. The van der Waals surface area contributed by atoms with Crippen molar-refractivity contribution in [3.8, 4) is 0 Å². The highest BCUT2D eigenvalue weighted by Gasteiger charge is 2.33. The first kappa shape index (κ1) is 50.6. The zero-order valence-corrected chi connectivity index (χ0v) is 42.7. The molecule has 0 unspecified atom stereocenters. The van der Waals surface area contributed by atoms with E-state index in [2.05, 4.69) is 30.6 Å². The molecule has 3 aromatic carbocycles. The van der Waals surface area contributed by atoms with Crippen molar-refractivity contribution in [1.29, 1.82) is 0 Å². The Morgan fingerprint density at radius 3 is 1.65 bits per heavy atom. The van der Waals surface area contributed by atoms with Crippen LogP contribution in [-0.4, -0.2) is 97.4 Å². The number of sulfonamides is 2. The Morgan fingerprint density at radius 2 is 1.15 bits per heavy atom. The molecule has 0 atom stereocenters. The van der Waals surface area contributed by atoms with E-state index in [-0.39, 0.29) is 51.1 Å². The van der Waals surface area contributed by atoms with Gasteiger partial charge in [-0.05, 0) is 105 Å². The Labute approximate surface area is 430 Å². The number of piperidine rings is 2. The maximum absolute atomic E-state index is 13.3. The van der Waals surface area contributed by atoms with Crippen molar-refractivity contribution in [2.45, 2.75) is 59.3 Å². The summed E-state index contributed by atoms with van der Waals surface area (Å²) >= 11 is 14.0. The fourth-order valence-electron chi connectivity index (χ4n) is 8.46. The molecule has 10 rings (SSSR count). The molecule has 374 valence electrons. The molecule has 2 aliphatic heterocycles. The first-order valence-corrected chi connectivity index (χ1v) is 27.6. The fraction of sp³-hybridized carbons (Fsp3) is 0.261. The van der Waals surface area contributed by atoms with Crippen LogP contribution >= 0.6 is 45.9 Å². The molecule has 0 aliphatic carbocycles. The first-order chi connectivity index (χ1) is 34.5. The predicted molar refractivity (Wildman–Crippen MR) is 274 cm³/mol. The second-order valence-corrected chi connectivity index (χ2v) is 24.3. The summed E-state index contributed by atoms with van der Waals surface area (Å²) in [7, 11) is -7.30. The van der Waals surface area contributed by atoms with E-state index in [9.17, 15) is 36.5 Å². The van der Waals surface area contributed by atoms with Crippen LogP contribution in [0.25, 0.3) is 22.2 Å². The van der Waals surface area contributed by atoms with Crippen molar-refractivity contribution >= 4 is 111 Å². The average molecular weight is 1090 g/mol. The van der Waals surface area contributed by atoms with E-state index in [0.29, 0.717) is 101 Å². The van der Waals surface area contributed by atoms with Crippen molar-refractivity contribution in [3.05, 3.63) is 151 Å². The molecule has 7 heterocycles. The smallest absolute Gasteiger partial charge is 0.271 e. The van der Waals surface area contributed by atoms with Gasteiger partial charge in [-0.15, -0.1) is 22.7 Å². The number of nitrogens with one attached hydrogen (secondary N) is 2. The lowest BCUT2D eigenvalue weighted by Crippen LogP contribution is -2.38. The molecular formula is C46H44Cl2N12O8S4. The van der Waals surface area contributed by atoms with Crippen LogP contribution in [0.5, 0.6) is 0 Å². The third-order valence-corrected chi connectivity index (χ3v) is 19.7. The van der Waals surface area contributed by atoms with E-state index in [1.807, 2.05) is 9.13 Å². The highest BCUT2D eigenvalue weighted by Crippen LogP contribution is 2.34. The van der Waals surface area contributed by atoms with Gasteiger partial charge in [-0.1, -0.05) is 23.2 Å². The summed E-state index contributed by atoms with van der Waals surface area (Å²) < 4.78 is 60.3. The second-order valence-electron chi connectivity index (χ2n) is 16.8. The van der Waals surface area contributed by atoms with E-state index >= 15 is 0 Å². The third kappa shape index (κ3) is 11.0. The van der Waals surface area contributed by atoms with E-state index in [0.717, 1.165) is 32.4 Å². The molecule has 0 saturated carbocycles. The highest BCUT2D eigenvalue weighted by molar-refractivity contribution is 7.91. The van der Waals surface area contributed by atoms with Gasteiger partial charge >= 0.3 is 0 Å². The number of aromatic nitrogens is 6. The zero-order chi connectivity index (χ0) is 50.7. The minimum Gasteiger partial charge on any atom is -0.382 e. The number of non-ortho nitro benzene ring substituents is 1. The molecule has 4 N–H and O–H groups in total. The number of imidazole rings is 2. The zero-order valence-electron chi connectivity index (χ0n) is 37.9. The van der Waals surface area contributed by atoms with Gasteiger partial charge in [0.2, 0.25) is 0 Å². The number of anilines is 1. The maximum atomic E-state index is 13.3. The standard InChI is InChI=1S/C24H22ClN5O5S2.C22H22ClN7O3S2/c25-17-3-1-16(2-4-17)24(31)26-14-20-6-8-23(36-20)37(34,35)28-11-9-18(10-12-28)29-15-27-21-7-5-19(30(32)33)13-22(21)29;23-15-3-1-14(2-4-15)22(31)25-11-17-5-6-18(34-17)35(32,33)29-9-7-16(8-10-29)30-13-28-19-20(24)26-12-27-21(19)30/h1-8,13,15,18H,9-12,14H2,(H,26,31);1-6,12-13,16H,7-11H2,(H,25,31)(H2,24,26,27). The number of rotatable bonds is 13. The molecule has 8 aromatic rings. The summed E-state index contributed by atoms with van der Waals surface area (Å²) in [5.41, 5.74) is 9.36. The van der Waals surface area contributed by atoms with Crippen molar-refractivity contribution < 1.29 is 31.3 Å². The van der Waals surface area contributed by atoms with Gasteiger partial charge in [0.15, 0.2) is 11.5 Å². The van der Waals surface area contributed by atoms with Crippen molar-refractivity contribution in [1.82, 2.24) is 48.3 Å². The number of nitro groups is 1. The van der Waals surface area contributed by atoms with Crippen LogP contribution in [0, 0.1) is 10.1 Å². The first-order valence-electron chi connectivity index (χ1n) is 22.3. The molecule has 0 bridgehead atoms. The number of benzene rings is 3. The van der Waals surface area contributed by atoms with Crippen LogP contribution in [0.3, 0.4) is 0 Å². The van der Waals surface area contributed by atoms with Crippen molar-refractivity contribution in [2.24, 2.45) is 0 Å². The van der Waals surface area contributed by atoms with Crippen LogP contribution in [0.15, 0.2) is 118 Å². The van der Waals surface area contributed by atoms with Crippen molar-refractivity contribution in [3.63, 3.8) is 0 Å². The lowest BCUT2D eigenvalue weighted by molar-refractivity contribution is -0.384. The van der Waals surface area contributed by atoms with Crippen LogP contribution < -0.4 is 16.4 Å². The third-order valence-electron chi connectivity index (χ3n) is 12.3. The molecule has 2 amide bonds. The number of carbonyl (C=O) groups is 2. The normalized spacial score (nSPS) is 15.3. The number of hydrogen-bond acceptors (Lipinski definition) is 15. The van der Waals surface area contributed by atoms with Crippen LogP contribution in [-0.2, 0) is 33.1 Å². The van der Waals surface area contributed by atoms with E-state index in [1.165, 1.54) is 27.1 Å². The van der Waals surface area contributed by atoms with E-state index < -0.39 is 25.0 Å². The van der Waals surface area contributed by atoms with Gasteiger partial charge in [0.05, 0.1) is 41.7 Å². The Hall–Kier alpha value is -6.38. The van der Waals surface area contributed by atoms with Crippen LogP contribution in [0.1, 0.15) is 68.2 Å². The Balaban J connectivity index is 0.000000178. The van der Waals surface area contributed by atoms with Crippen molar-refractivity contribution in [2.75, 3.05) is 31.9 Å². The minimum atomic E-state index is -3.68. The summed E-state index contributed by atoms with van der Waals surface area (Å²) in [5.74, 6) is -0.193. The monoisotopic (exact) mass is 1090 g/mol. The molecule has 20 nitrogen and oxygen atoms in total. The number of carbonyl (C=O) groups excluding carboxylic acids is 2. The SMILES string of the molecule is Nc1ncnc2c1ncn2C1CCN(S(=O)(=O)c2ccc(CNC(=O)c3ccc(Cl)cc3)s2)CC1.O=C(NCc1ccc(S(=O)(=O)N2CCC(n3cnc4ccc([N+](=O)[O-])cc43)CC2)s1)c1ccc(Cl)cc1. The summed E-state index contributed by atoms with van der Waals surface area (Å²) in [6, 6.07) is 24.3. The molecule has 2 saturated heterocycles. The largest absolute Gasteiger partial charge is 0.382 e. The van der Waals surface area contributed by atoms with E-state index in [4.69, 9.17) is 28.9 Å². The molecule has 5 aromatic heterocycles. The molecule has 26 heteroatoms. The number of nitro benzene ring substituents is 1. The van der Waals surface area contributed by atoms with Gasteiger partial charge in [-0.2, -0.15) is 8.61 Å². The van der Waals surface area contributed by atoms with Gasteiger partial charge < -0.3 is 25.5 Å². The highest BCUT2D eigenvalue weighted by atomic mass is 35.5. The summed E-state index contributed by atoms with van der Waals surface area (Å²) in [6.07, 6.45) is 7.13. The summed E-state index contributed by atoms with van der Waals surface area (Å²) in [4.78, 5) is 53.8. The number of hydrogen-bond donors (Lipinski definition) is 3. The van der Waals surface area contributed by atoms with Gasteiger partial charge in [0.25, 0.3) is 37.5 Å². The Kier molecular flexibility index (Phi) is 15.0. The Bertz CT molecular complexity index is 3510. The summed E-state index contributed by atoms with van der Waals surface area (Å²) in [6.45, 7) is 1.86. The van der Waals surface area contributed by atoms with Gasteiger partial charge in [-0.25, -0.2) is 36.8 Å². The lowest BCUT2D eigenvalue weighted by atomic mass is 10.1. The fourth-order valence-corrected chi connectivity index (χ4v) is 14.5. The number of nitrogens with zero attached hydrogens (tertiary/aromatic N) is 9. The molecular weight excluding hydrogens is 1050 g/mol. The van der Waals surface area contributed by atoms with Crippen LogP contribution in [0.2, 0.25) is 10.0 Å². The number of halogens is 2. The van der Waals surface area contributed by atoms with Gasteiger partial charge in [-0.3, -0.25) is 19.7 Å². The topological polar surface area (TPSA) is 264 Å².